The molecule has 1 aliphatic rings. The van der Waals surface area contributed by atoms with E-state index in [0.29, 0.717) is 6.04 Å². The van der Waals surface area contributed by atoms with Gasteiger partial charge in [0.25, 0.3) is 0 Å². The lowest BCUT2D eigenvalue weighted by molar-refractivity contribution is 0.191. The number of rotatable bonds is 3. The average Bonchev–Trinajstić information content (AvgIpc) is 2.66. The molecule has 0 spiro atoms. The van der Waals surface area contributed by atoms with Crippen molar-refractivity contribution in [1.29, 1.82) is 0 Å². The fourth-order valence-electron chi connectivity index (χ4n) is 2.82. The number of benzene rings is 1. The Balaban J connectivity index is 2.15. The van der Waals surface area contributed by atoms with Gasteiger partial charge < -0.3 is 10.1 Å². The lowest BCUT2D eigenvalue weighted by Gasteiger charge is -2.34. The molecule has 1 heterocycles. The first-order chi connectivity index (χ1) is 9.91. The molecule has 1 unspecified atom stereocenters. The molecule has 4 heteroatoms. The van der Waals surface area contributed by atoms with Crippen LogP contribution < -0.4 is 10.1 Å². The second-order valence-corrected chi connectivity index (χ2v) is 7.29. The second kappa shape index (κ2) is 6.99. The van der Waals surface area contributed by atoms with Crippen molar-refractivity contribution in [3.8, 4) is 5.75 Å². The Kier molecular flexibility index (Phi) is 5.53. The lowest BCUT2D eigenvalue weighted by atomic mass is 9.86. The van der Waals surface area contributed by atoms with E-state index in [9.17, 15) is 0 Å². The van der Waals surface area contributed by atoms with Gasteiger partial charge in [0.1, 0.15) is 5.75 Å². The Hall–Kier alpha value is -0.770. The number of hydrogen-bond acceptors (Lipinski definition) is 3. The van der Waals surface area contributed by atoms with Crippen LogP contribution in [0.2, 0.25) is 5.02 Å². The number of nitrogens with one attached hydrogen (secondary N) is 1. The van der Waals surface area contributed by atoms with E-state index < -0.39 is 0 Å². The summed E-state index contributed by atoms with van der Waals surface area (Å²) in [7, 11) is 1.71. The van der Waals surface area contributed by atoms with Gasteiger partial charge in [0.05, 0.1) is 7.11 Å². The maximum atomic E-state index is 6.37. The number of methoxy groups -OCH3 is 1. The summed E-state index contributed by atoms with van der Waals surface area (Å²) in [6, 6.07) is 6.36. The van der Waals surface area contributed by atoms with Crippen LogP contribution in [0.15, 0.2) is 18.2 Å². The predicted molar refractivity (Wildman–Crippen MR) is 89.1 cm³/mol. The second-order valence-electron chi connectivity index (χ2n) is 6.88. The van der Waals surface area contributed by atoms with Gasteiger partial charge in [-0.25, -0.2) is 0 Å². The molecule has 0 aromatic heterocycles. The monoisotopic (exact) mass is 310 g/mol. The molecular formula is C17H27ClN2O. The Bertz CT molecular complexity index is 470. The minimum Gasteiger partial charge on any atom is -0.496 e. The van der Waals surface area contributed by atoms with Crippen molar-refractivity contribution in [2.45, 2.75) is 39.8 Å². The van der Waals surface area contributed by atoms with Crippen LogP contribution in [-0.4, -0.2) is 37.7 Å². The van der Waals surface area contributed by atoms with Crippen molar-refractivity contribution in [3.05, 3.63) is 28.8 Å². The first-order valence-corrected chi connectivity index (χ1v) is 8.06. The molecule has 1 atom stereocenters. The number of halogens is 1. The number of ether oxygens (including phenoxy) is 1. The third kappa shape index (κ3) is 4.35. The van der Waals surface area contributed by atoms with Gasteiger partial charge in [0, 0.05) is 29.7 Å². The van der Waals surface area contributed by atoms with E-state index in [-0.39, 0.29) is 5.41 Å². The molecule has 1 aliphatic heterocycles. The fraction of sp³-hybridized carbons (Fsp3) is 0.647. The Morgan fingerprint density at radius 2 is 2.14 bits per heavy atom. The van der Waals surface area contributed by atoms with Crippen LogP contribution in [0.5, 0.6) is 5.75 Å². The van der Waals surface area contributed by atoms with Gasteiger partial charge in [-0.1, -0.05) is 38.4 Å². The third-order valence-electron chi connectivity index (χ3n) is 4.21. The van der Waals surface area contributed by atoms with Crippen molar-refractivity contribution in [2.24, 2.45) is 5.41 Å². The summed E-state index contributed by atoms with van der Waals surface area (Å²) in [6.07, 6.45) is 1.17. The summed E-state index contributed by atoms with van der Waals surface area (Å²) < 4.78 is 5.47. The van der Waals surface area contributed by atoms with E-state index >= 15 is 0 Å². The quantitative estimate of drug-likeness (QED) is 0.924. The minimum absolute atomic E-state index is 0.257. The molecule has 1 aromatic rings. The highest BCUT2D eigenvalue weighted by Gasteiger charge is 2.28. The van der Waals surface area contributed by atoms with Crippen LogP contribution in [0.1, 0.15) is 32.8 Å². The lowest BCUT2D eigenvalue weighted by Crippen LogP contribution is -2.46. The molecule has 1 aromatic carbocycles. The predicted octanol–water partition coefficient (Wildman–Crippen LogP) is 3.56. The normalized spacial score (nSPS) is 21.1. The highest BCUT2D eigenvalue weighted by molar-refractivity contribution is 6.31. The molecule has 1 fully saturated rings. The molecule has 0 saturated carbocycles. The van der Waals surface area contributed by atoms with E-state index in [1.807, 2.05) is 18.2 Å². The third-order valence-corrected chi connectivity index (χ3v) is 4.56. The van der Waals surface area contributed by atoms with Crippen molar-refractivity contribution in [1.82, 2.24) is 10.2 Å². The van der Waals surface area contributed by atoms with Crippen molar-refractivity contribution >= 4 is 11.6 Å². The molecule has 0 radical (unpaired) electrons. The van der Waals surface area contributed by atoms with Gasteiger partial charge in [-0.05, 0) is 37.1 Å². The summed E-state index contributed by atoms with van der Waals surface area (Å²) in [5.41, 5.74) is 1.35. The first kappa shape index (κ1) is 16.6. The maximum absolute atomic E-state index is 6.37. The van der Waals surface area contributed by atoms with E-state index in [4.69, 9.17) is 16.3 Å². The van der Waals surface area contributed by atoms with Gasteiger partial charge in [-0.3, -0.25) is 4.90 Å². The van der Waals surface area contributed by atoms with Crippen LogP contribution in [0.4, 0.5) is 0 Å². The van der Waals surface area contributed by atoms with E-state index in [0.717, 1.165) is 42.5 Å². The molecule has 3 nitrogen and oxygen atoms in total. The molecule has 1 saturated heterocycles. The van der Waals surface area contributed by atoms with Crippen LogP contribution in [0.3, 0.4) is 0 Å². The topological polar surface area (TPSA) is 24.5 Å². The highest BCUT2D eigenvalue weighted by atomic mass is 35.5. The summed E-state index contributed by atoms with van der Waals surface area (Å²) in [5, 5.41) is 4.47. The van der Waals surface area contributed by atoms with Crippen LogP contribution in [0.25, 0.3) is 0 Å². The minimum atomic E-state index is 0.257. The number of hydrogen-bond donors (Lipinski definition) is 1. The highest BCUT2D eigenvalue weighted by Crippen LogP contribution is 2.29. The van der Waals surface area contributed by atoms with Gasteiger partial charge in [-0.15, -0.1) is 0 Å². The van der Waals surface area contributed by atoms with Gasteiger partial charge in [0.2, 0.25) is 0 Å². The summed E-state index contributed by atoms with van der Waals surface area (Å²) >= 11 is 6.37. The van der Waals surface area contributed by atoms with E-state index in [2.05, 4.69) is 31.0 Å². The SMILES string of the molecule is COc1cccc(Cl)c1CN1CCCNC(C(C)(C)C)C1. The van der Waals surface area contributed by atoms with Crippen LogP contribution >= 0.6 is 11.6 Å². The van der Waals surface area contributed by atoms with Gasteiger partial charge in [-0.2, -0.15) is 0 Å². The maximum Gasteiger partial charge on any atom is 0.124 e. The van der Waals surface area contributed by atoms with Crippen molar-refractivity contribution in [2.75, 3.05) is 26.7 Å². The van der Waals surface area contributed by atoms with E-state index in [1.54, 1.807) is 7.11 Å². The molecule has 0 amide bonds. The summed E-state index contributed by atoms with van der Waals surface area (Å²) in [4.78, 5) is 2.49. The summed E-state index contributed by atoms with van der Waals surface area (Å²) in [6.45, 7) is 10.9. The number of nitrogens with zero attached hydrogens (tertiary/aromatic N) is 1. The van der Waals surface area contributed by atoms with Crippen LogP contribution in [0, 0.1) is 5.41 Å². The average molecular weight is 311 g/mol. The first-order valence-electron chi connectivity index (χ1n) is 7.69. The smallest absolute Gasteiger partial charge is 0.124 e. The molecular weight excluding hydrogens is 284 g/mol. The molecule has 0 bridgehead atoms. The largest absolute Gasteiger partial charge is 0.496 e. The molecule has 118 valence electrons. The van der Waals surface area contributed by atoms with Crippen molar-refractivity contribution in [3.63, 3.8) is 0 Å². The zero-order chi connectivity index (χ0) is 15.5. The van der Waals surface area contributed by atoms with Gasteiger partial charge in [0.15, 0.2) is 0 Å². The Labute approximate surface area is 133 Å². The zero-order valence-electron chi connectivity index (χ0n) is 13.6. The molecule has 1 N–H and O–H groups in total. The summed E-state index contributed by atoms with van der Waals surface area (Å²) in [5.74, 6) is 0.881. The standard InChI is InChI=1S/C17H27ClN2O/c1-17(2,3)16-12-20(10-6-9-19-16)11-13-14(18)7-5-8-15(13)21-4/h5,7-8,16,19H,6,9-12H2,1-4H3. The zero-order valence-corrected chi connectivity index (χ0v) is 14.3. The molecule has 0 aliphatic carbocycles. The van der Waals surface area contributed by atoms with Crippen molar-refractivity contribution < 1.29 is 4.74 Å². The van der Waals surface area contributed by atoms with E-state index in [1.165, 1.54) is 6.42 Å². The fourth-order valence-corrected chi connectivity index (χ4v) is 3.05. The molecule has 21 heavy (non-hydrogen) atoms. The van der Waals surface area contributed by atoms with Gasteiger partial charge >= 0.3 is 0 Å². The Morgan fingerprint density at radius 1 is 1.38 bits per heavy atom. The Morgan fingerprint density at radius 3 is 2.81 bits per heavy atom. The molecule has 2 rings (SSSR count). The van der Waals surface area contributed by atoms with Crippen LogP contribution in [-0.2, 0) is 6.54 Å².